The molecule has 1 saturated heterocycles. The Bertz CT molecular complexity index is 782. The number of nitrogens with zero attached hydrogens (tertiary/aromatic N) is 2. The summed E-state index contributed by atoms with van der Waals surface area (Å²) in [5.41, 5.74) is 1.54. The highest BCUT2D eigenvalue weighted by Crippen LogP contribution is 2.27. The van der Waals surface area contributed by atoms with Gasteiger partial charge in [-0.05, 0) is 38.2 Å². The lowest BCUT2D eigenvalue weighted by Crippen LogP contribution is -2.41. The first kappa shape index (κ1) is 18.1. The monoisotopic (exact) mass is 364 g/mol. The number of hydrogen-bond acceptors (Lipinski definition) is 5. The number of sulfonamides is 1. The summed E-state index contributed by atoms with van der Waals surface area (Å²) in [6.07, 6.45) is 1.81. The van der Waals surface area contributed by atoms with Crippen LogP contribution in [0.4, 0.5) is 0 Å². The third-order valence-corrected chi connectivity index (χ3v) is 6.62. The summed E-state index contributed by atoms with van der Waals surface area (Å²) >= 11 is 0. The summed E-state index contributed by atoms with van der Waals surface area (Å²) in [4.78, 5) is 0.207. The Balaban J connectivity index is 1.61. The third kappa shape index (κ3) is 4.11. The number of benzene rings is 1. The van der Waals surface area contributed by atoms with Crippen molar-refractivity contribution in [3.63, 3.8) is 0 Å². The maximum Gasteiger partial charge on any atom is 0.248 e. The average molecular weight is 364 g/mol. The molecule has 0 aliphatic carbocycles. The molecule has 0 spiro atoms. The van der Waals surface area contributed by atoms with Crippen molar-refractivity contribution in [1.82, 2.24) is 9.46 Å². The van der Waals surface area contributed by atoms with Gasteiger partial charge in [0.25, 0.3) is 0 Å². The van der Waals surface area contributed by atoms with Crippen molar-refractivity contribution in [2.75, 3.05) is 19.7 Å². The smallest absolute Gasteiger partial charge is 0.248 e. The number of rotatable bonds is 6. The molecule has 25 heavy (non-hydrogen) atoms. The molecule has 0 amide bonds. The summed E-state index contributed by atoms with van der Waals surface area (Å²) in [6, 6.07) is 9.99. The Kier molecular flexibility index (Phi) is 5.56. The van der Waals surface area contributed by atoms with Gasteiger partial charge in [0.15, 0.2) is 5.76 Å². The molecule has 0 saturated carbocycles. The van der Waals surface area contributed by atoms with Crippen LogP contribution in [0.1, 0.15) is 29.9 Å². The van der Waals surface area contributed by atoms with Crippen LogP contribution >= 0.6 is 0 Å². The van der Waals surface area contributed by atoms with Crippen molar-refractivity contribution < 1.29 is 17.7 Å². The van der Waals surface area contributed by atoms with Crippen LogP contribution in [0.3, 0.4) is 0 Å². The van der Waals surface area contributed by atoms with Crippen LogP contribution < -0.4 is 0 Å². The van der Waals surface area contributed by atoms with Crippen molar-refractivity contribution in [1.29, 1.82) is 0 Å². The van der Waals surface area contributed by atoms with Crippen LogP contribution in [-0.4, -0.2) is 37.6 Å². The first-order valence-electron chi connectivity index (χ1n) is 8.53. The molecule has 0 unspecified atom stereocenters. The molecule has 1 aliphatic heterocycles. The van der Waals surface area contributed by atoms with Gasteiger partial charge in [-0.15, -0.1) is 0 Å². The largest absolute Gasteiger partial charge is 0.376 e. The fraction of sp³-hybridized carbons (Fsp3) is 0.500. The zero-order chi connectivity index (χ0) is 17.9. The van der Waals surface area contributed by atoms with Crippen LogP contribution in [0.25, 0.3) is 0 Å². The summed E-state index contributed by atoms with van der Waals surface area (Å²) in [7, 11) is -3.57. The molecule has 1 aromatic carbocycles. The van der Waals surface area contributed by atoms with Gasteiger partial charge in [0.1, 0.15) is 10.6 Å². The van der Waals surface area contributed by atoms with E-state index >= 15 is 0 Å². The van der Waals surface area contributed by atoms with E-state index in [9.17, 15) is 8.42 Å². The minimum absolute atomic E-state index is 0.202. The van der Waals surface area contributed by atoms with E-state index in [4.69, 9.17) is 9.26 Å². The van der Waals surface area contributed by atoms with Gasteiger partial charge in [-0.1, -0.05) is 35.5 Å². The minimum Gasteiger partial charge on any atom is -0.376 e. The number of ether oxygens (including phenoxy) is 1. The van der Waals surface area contributed by atoms with Gasteiger partial charge < -0.3 is 9.26 Å². The first-order valence-corrected chi connectivity index (χ1v) is 9.97. The average Bonchev–Trinajstić information content (AvgIpc) is 2.95. The molecule has 1 aromatic heterocycles. The van der Waals surface area contributed by atoms with Crippen molar-refractivity contribution in [2.45, 2.75) is 38.2 Å². The molecule has 0 bridgehead atoms. The van der Waals surface area contributed by atoms with Gasteiger partial charge in [0, 0.05) is 13.1 Å². The molecule has 136 valence electrons. The minimum atomic E-state index is -3.57. The molecule has 0 radical (unpaired) electrons. The zero-order valence-electron chi connectivity index (χ0n) is 14.6. The van der Waals surface area contributed by atoms with Crippen molar-refractivity contribution in [3.05, 3.63) is 47.3 Å². The second kappa shape index (κ2) is 7.68. The zero-order valence-corrected chi connectivity index (χ0v) is 15.5. The molecular weight excluding hydrogens is 340 g/mol. The van der Waals surface area contributed by atoms with Crippen LogP contribution in [-0.2, 0) is 21.4 Å². The van der Waals surface area contributed by atoms with Gasteiger partial charge in [0.05, 0.1) is 13.2 Å². The lowest BCUT2D eigenvalue weighted by atomic mass is 10.0. The van der Waals surface area contributed by atoms with E-state index < -0.39 is 10.0 Å². The molecule has 1 fully saturated rings. The van der Waals surface area contributed by atoms with Crippen molar-refractivity contribution >= 4 is 10.0 Å². The number of aryl methyl sites for hydroxylation is 2. The van der Waals surface area contributed by atoms with Crippen LogP contribution in [0.5, 0.6) is 0 Å². The fourth-order valence-corrected chi connectivity index (χ4v) is 5.12. The van der Waals surface area contributed by atoms with Gasteiger partial charge in [0.2, 0.25) is 10.0 Å². The first-order chi connectivity index (χ1) is 12.0. The Morgan fingerprint density at radius 1 is 1.28 bits per heavy atom. The van der Waals surface area contributed by atoms with E-state index in [1.54, 1.807) is 18.2 Å². The maximum atomic E-state index is 12.9. The highest BCUT2D eigenvalue weighted by Gasteiger charge is 2.34. The molecule has 0 N–H and O–H groups in total. The second-order valence-electron chi connectivity index (χ2n) is 6.53. The highest BCUT2D eigenvalue weighted by atomic mass is 32.2. The van der Waals surface area contributed by atoms with Crippen LogP contribution in [0.2, 0.25) is 0 Å². The normalized spacial score (nSPS) is 19.2. The molecule has 3 rings (SSSR count). The molecular formula is C18H24N2O4S. The third-order valence-electron chi connectivity index (χ3n) is 4.51. The lowest BCUT2D eigenvalue weighted by molar-refractivity contribution is 0.0672. The molecule has 2 aromatic rings. The Hall–Kier alpha value is -1.70. The van der Waals surface area contributed by atoms with E-state index in [2.05, 4.69) is 5.16 Å². The second-order valence-corrected chi connectivity index (χ2v) is 8.40. The molecule has 1 aliphatic rings. The summed E-state index contributed by atoms with van der Waals surface area (Å²) < 4.78 is 38.2. The Labute approximate surface area is 148 Å². The van der Waals surface area contributed by atoms with Gasteiger partial charge >= 0.3 is 0 Å². The predicted octanol–water partition coefficient (Wildman–Crippen LogP) is 2.91. The van der Waals surface area contributed by atoms with Crippen LogP contribution in [0, 0.1) is 19.8 Å². The molecule has 1 atom stereocenters. The Morgan fingerprint density at radius 2 is 2.04 bits per heavy atom. The molecule has 6 nitrogen and oxygen atoms in total. The SMILES string of the molecule is Cc1noc(C)c1S(=O)(=O)N1CCC[C@H](COCc2ccccc2)C1. The Morgan fingerprint density at radius 3 is 2.72 bits per heavy atom. The van der Waals surface area contributed by atoms with Crippen molar-refractivity contribution in [3.8, 4) is 0 Å². The van der Waals surface area contributed by atoms with E-state index in [0.29, 0.717) is 37.8 Å². The van der Waals surface area contributed by atoms with Gasteiger partial charge in [-0.25, -0.2) is 8.42 Å². The number of piperidine rings is 1. The maximum absolute atomic E-state index is 12.9. The van der Waals surface area contributed by atoms with Crippen LogP contribution in [0.15, 0.2) is 39.8 Å². The van der Waals surface area contributed by atoms with E-state index in [0.717, 1.165) is 18.4 Å². The van der Waals surface area contributed by atoms with E-state index in [1.165, 1.54) is 0 Å². The standard InChI is InChI=1S/C18H24N2O4S/c1-14-18(15(2)24-19-14)25(21,22)20-10-6-9-17(11-20)13-23-12-16-7-4-3-5-8-16/h3-5,7-8,17H,6,9-13H2,1-2H3/t17-/m0/s1. The lowest BCUT2D eigenvalue weighted by Gasteiger charge is -2.31. The van der Waals surface area contributed by atoms with Gasteiger partial charge in [-0.2, -0.15) is 4.31 Å². The quantitative estimate of drug-likeness (QED) is 0.788. The fourth-order valence-electron chi connectivity index (χ4n) is 3.27. The highest BCUT2D eigenvalue weighted by molar-refractivity contribution is 7.89. The van der Waals surface area contributed by atoms with E-state index in [-0.39, 0.29) is 10.8 Å². The van der Waals surface area contributed by atoms with E-state index in [1.807, 2.05) is 30.3 Å². The predicted molar refractivity (Wildman–Crippen MR) is 93.6 cm³/mol. The number of aromatic nitrogens is 1. The summed E-state index contributed by atoms with van der Waals surface area (Å²) in [5.74, 6) is 0.549. The topological polar surface area (TPSA) is 72.6 Å². The van der Waals surface area contributed by atoms with Crippen molar-refractivity contribution in [2.24, 2.45) is 5.92 Å². The number of hydrogen-bond donors (Lipinski definition) is 0. The summed E-state index contributed by atoms with van der Waals surface area (Å²) in [6.45, 7) is 5.41. The van der Waals surface area contributed by atoms with Gasteiger partial charge in [-0.3, -0.25) is 0 Å². The molecule has 7 heteroatoms. The molecule has 2 heterocycles. The summed E-state index contributed by atoms with van der Waals surface area (Å²) in [5, 5.41) is 3.77.